The number of carbonyl (C=O) groups is 2. The lowest BCUT2D eigenvalue weighted by atomic mass is 9.96. The van der Waals surface area contributed by atoms with Gasteiger partial charge in [0, 0.05) is 18.5 Å². The molecule has 0 unspecified atom stereocenters. The van der Waals surface area contributed by atoms with E-state index < -0.39 is 5.41 Å². The first-order chi connectivity index (χ1) is 8.23. The summed E-state index contributed by atoms with van der Waals surface area (Å²) in [5, 5.41) is 5.51. The van der Waals surface area contributed by atoms with E-state index in [9.17, 15) is 9.59 Å². The summed E-state index contributed by atoms with van der Waals surface area (Å²) in [5.74, 6) is 0.293. The van der Waals surface area contributed by atoms with E-state index in [1.807, 2.05) is 34.6 Å². The third-order valence-corrected chi connectivity index (χ3v) is 2.15. The first kappa shape index (κ1) is 16.9. The fourth-order valence-electron chi connectivity index (χ4n) is 1.04. The Bertz CT molecular complexity index is 270. The quantitative estimate of drug-likeness (QED) is 0.668. The number of hydrogen-bond donors (Lipinski definition) is 2. The van der Waals surface area contributed by atoms with Gasteiger partial charge in [-0.1, -0.05) is 34.6 Å². The van der Waals surface area contributed by atoms with Crippen LogP contribution >= 0.6 is 0 Å². The second-order valence-electron chi connectivity index (χ2n) is 5.76. The largest absolute Gasteiger partial charge is 0.370 e. The number of carbonyl (C=O) groups excluding carboxylic acids is 2. The Hall–Kier alpha value is -1.10. The third kappa shape index (κ3) is 8.98. The normalized spacial score (nSPS) is 11.4. The minimum absolute atomic E-state index is 0.0182. The standard InChI is InChI=1S/C13H26N2O3/c1-10(2)8-15-11(16)9-18-7-6-14-12(17)13(3,4)5/h10H,6-9H2,1-5H3,(H,14,17)(H,15,16). The van der Waals surface area contributed by atoms with Crippen LogP contribution in [0.2, 0.25) is 0 Å². The van der Waals surface area contributed by atoms with E-state index in [1.165, 1.54) is 0 Å². The van der Waals surface area contributed by atoms with Gasteiger partial charge in [-0.15, -0.1) is 0 Å². The molecule has 0 fully saturated rings. The molecule has 5 heteroatoms. The molecule has 0 atom stereocenters. The second kappa shape index (κ2) is 8.08. The molecule has 0 saturated carbocycles. The molecular weight excluding hydrogens is 232 g/mol. The van der Waals surface area contributed by atoms with Gasteiger partial charge in [0.1, 0.15) is 6.61 Å². The fraction of sp³-hybridized carbons (Fsp3) is 0.846. The van der Waals surface area contributed by atoms with Crippen LogP contribution in [0.4, 0.5) is 0 Å². The average molecular weight is 258 g/mol. The Morgan fingerprint density at radius 2 is 1.78 bits per heavy atom. The molecule has 0 aliphatic carbocycles. The van der Waals surface area contributed by atoms with Crippen LogP contribution in [0.15, 0.2) is 0 Å². The van der Waals surface area contributed by atoms with E-state index in [0.717, 1.165) is 0 Å². The Balaban J connectivity index is 3.51. The highest BCUT2D eigenvalue weighted by atomic mass is 16.5. The molecule has 18 heavy (non-hydrogen) atoms. The highest BCUT2D eigenvalue weighted by molar-refractivity contribution is 5.81. The molecule has 106 valence electrons. The zero-order valence-electron chi connectivity index (χ0n) is 12.1. The van der Waals surface area contributed by atoms with Crippen molar-refractivity contribution in [3.8, 4) is 0 Å². The zero-order valence-corrected chi connectivity index (χ0v) is 12.1. The van der Waals surface area contributed by atoms with Gasteiger partial charge in [0.25, 0.3) is 0 Å². The van der Waals surface area contributed by atoms with Crippen molar-refractivity contribution in [2.45, 2.75) is 34.6 Å². The van der Waals surface area contributed by atoms with Gasteiger partial charge >= 0.3 is 0 Å². The fourth-order valence-corrected chi connectivity index (χ4v) is 1.04. The van der Waals surface area contributed by atoms with Crippen molar-refractivity contribution in [3.05, 3.63) is 0 Å². The Kier molecular flexibility index (Phi) is 7.59. The Morgan fingerprint density at radius 3 is 2.28 bits per heavy atom. The lowest BCUT2D eigenvalue weighted by Gasteiger charge is -2.17. The Morgan fingerprint density at radius 1 is 1.17 bits per heavy atom. The van der Waals surface area contributed by atoms with Gasteiger partial charge in [-0.2, -0.15) is 0 Å². The number of nitrogens with one attached hydrogen (secondary N) is 2. The van der Waals surface area contributed by atoms with Crippen LogP contribution in [0.5, 0.6) is 0 Å². The lowest BCUT2D eigenvalue weighted by Crippen LogP contribution is -2.37. The molecule has 0 spiro atoms. The smallest absolute Gasteiger partial charge is 0.246 e. The predicted octanol–water partition coefficient (Wildman–Crippen LogP) is 0.937. The highest BCUT2D eigenvalue weighted by Crippen LogP contribution is 2.11. The van der Waals surface area contributed by atoms with Crippen LogP contribution < -0.4 is 10.6 Å². The van der Waals surface area contributed by atoms with Crippen LogP contribution in [0.25, 0.3) is 0 Å². The topological polar surface area (TPSA) is 67.4 Å². The van der Waals surface area contributed by atoms with Crippen LogP contribution in [0, 0.1) is 11.3 Å². The lowest BCUT2D eigenvalue weighted by molar-refractivity contribution is -0.128. The molecule has 2 N–H and O–H groups in total. The van der Waals surface area contributed by atoms with Crippen molar-refractivity contribution in [1.29, 1.82) is 0 Å². The first-order valence-electron chi connectivity index (χ1n) is 6.36. The summed E-state index contributed by atoms with van der Waals surface area (Å²) < 4.78 is 5.16. The monoisotopic (exact) mass is 258 g/mol. The zero-order chi connectivity index (χ0) is 14.2. The molecule has 0 bridgehead atoms. The molecule has 0 aromatic heterocycles. The molecule has 0 aliphatic rings. The number of hydrogen-bond acceptors (Lipinski definition) is 3. The van der Waals surface area contributed by atoms with E-state index in [0.29, 0.717) is 25.6 Å². The number of ether oxygens (including phenoxy) is 1. The van der Waals surface area contributed by atoms with Crippen LogP contribution in [0.1, 0.15) is 34.6 Å². The maximum atomic E-state index is 11.5. The van der Waals surface area contributed by atoms with E-state index in [1.54, 1.807) is 0 Å². The predicted molar refractivity (Wildman–Crippen MR) is 71.1 cm³/mol. The highest BCUT2D eigenvalue weighted by Gasteiger charge is 2.20. The minimum Gasteiger partial charge on any atom is -0.370 e. The van der Waals surface area contributed by atoms with Crippen LogP contribution in [-0.2, 0) is 14.3 Å². The number of rotatable bonds is 7. The van der Waals surface area contributed by atoms with Gasteiger partial charge in [0.2, 0.25) is 11.8 Å². The summed E-state index contributed by atoms with van der Waals surface area (Å²) in [6, 6.07) is 0. The molecule has 5 nitrogen and oxygen atoms in total. The van der Waals surface area contributed by atoms with Gasteiger partial charge < -0.3 is 15.4 Å². The maximum absolute atomic E-state index is 11.5. The maximum Gasteiger partial charge on any atom is 0.246 e. The molecular formula is C13H26N2O3. The molecule has 0 radical (unpaired) electrons. The molecule has 0 heterocycles. The SMILES string of the molecule is CC(C)CNC(=O)COCCNC(=O)C(C)(C)C. The Labute approximate surface area is 110 Å². The average Bonchev–Trinajstić information content (AvgIpc) is 2.24. The van der Waals surface area contributed by atoms with Gasteiger partial charge in [0.05, 0.1) is 6.61 Å². The summed E-state index contributed by atoms with van der Waals surface area (Å²) in [5.41, 5.74) is -0.394. The van der Waals surface area contributed by atoms with E-state index in [4.69, 9.17) is 4.74 Å². The van der Waals surface area contributed by atoms with Crippen molar-refractivity contribution < 1.29 is 14.3 Å². The molecule has 0 aliphatic heterocycles. The molecule has 0 saturated heterocycles. The van der Waals surface area contributed by atoms with Crippen molar-refractivity contribution in [2.75, 3.05) is 26.3 Å². The van der Waals surface area contributed by atoms with Crippen LogP contribution in [0.3, 0.4) is 0 Å². The van der Waals surface area contributed by atoms with Crippen molar-refractivity contribution in [1.82, 2.24) is 10.6 Å². The van der Waals surface area contributed by atoms with E-state index in [2.05, 4.69) is 10.6 Å². The van der Waals surface area contributed by atoms with E-state index in [-0.39, 0.29) is 18.4 Å². The summed E-state index contributed by atoms with van der Waals surface area (Å²) >= 11 is 0. The molecule has 0 aromatic carbocycles. The molecule has 0 aromatic rings. The number of amides is 2. The molecule has 0 rings (SSSR count). The summed E-state index contributed by atoms with van der Waals surface area (Å²) in [6.45, 7) is 11.1. The van der Waals surface area contributed by atoms with Gasteiger partial charge in [-0.05, 0) is 5.92 Å². The summed E-state index contributed by atoms with van der Waals surface area (Å²) in [4.78, 5) is 22.8. The summed E-state index contributed by atoms with van der Waals surface area (Å²) in [6.07, 6.45) is 0. The van der Waals surface area contributed by atoms with Crippen LogP contribution in [-0.4, -0.2) is 38.1 Å². The van der Waals surface area contributed by atoms with Gasteiger partial charge in [-0.25, -0.2) is 0 Å². The minimum atomic E-state index is -0.394. The van der Waals surface area contributed by atoms with Gasteiger partial charge in [-0.3, -0.25) is 9.59 Å². The third-order valence-electron chi connectivity index (χ3n) is 2.15. The molecule has 2 amide bonds. The van der Waals surface area contributed by atoms with E-state index >= 15 is 0 Å². The van der Waals surface area contributed by atoms with Crippen molar-refractivity contribution in [2.24, 2.45) is 11.3 Å². The van der Waals surface area contributed by atoms with Crippen molar-refractivity contribution >= 4 is 11.8 Å². The first-order valence-corrected chi connectivity index (χ1v) is 6.36. The second-order valence-corrected chi connectivity index (χ2v) is 5.76. The van der Waals surface area contributed by atoms with Crippen molar-refractivity contribution in [3.63, 3.8) is 0 Å². The summed E-state index contributed by atoms with van der Waals surface area (Å²) in [7, 11) is 0. The van der Waals surface area contributed by atoms with Gasteiger partial charge in [0.15, 0.2) is 0 Å².